The molecule has 0 radical (unpaired) electrons. The number of anilines is 1. The molecular weight excluding hydrogens is 412 g/mol. The van der Waals surface area contributed by atoms with E-state index >= 15 is 0 Å². The highest BCUT2D eigenvalue weighted by molar-refractivity contribution is 7.12. The molecule has 0 saturated carbocycles. The van der Waals surface area contributed by atoms with Crippen molar-refractivity contribution in [1.82, 2.24) is 0 Å². The summed E-state index contributed by atoms with van der Waals surface area (Å²) in [7, 11) is 1.45. The van der Waals surface area contributed by atoms with Crippen LogP contribution in [-0.4, -0.2) is 19.0 Å². The normalized spacial score (nSPS) is 10.8. The molecular formula is C24H20N2O4S. The number of methoxy groups -OCH3 is 1. The minimum absolute atomic E-state index is 0.0620. The van der Waals surface area contributed by atoms with E-state index in [1.54, 1.807) is 35.7 Å². The Labute approximate surface area is 184 Å². The standard InChI is InChI=1S/C24H20N2O4S/c1-15-6-4-7-16(2)22(15)26-23(27)18(14-25)12-17-9-10-19(20(13-17)29-3)30-24(28)21-8-5-11-31-21/h4-13H,1-3H3,(H,26,27)/b18-12+. The molecule has 1 N–H and O–H groups in total. The number of amides is 1. The van der Waals surface area contributed by atoms with Crippen LogP contribution < -0.4 is 14.8 Å². The van der Waals surface area contributed by atoms with Crippen LogP contribution in [0.25, 0.3) is 6.08 Å². The Kier molecular flexibility index (Phi) is 6.85. The topological polar surface area (TPSA) is 88.4 Å². The first-order chi connectivity index (χ1) is 14.9. The first-order valence-electron chi connectivity index (χ1n) is 9.36. The number of ether oxygens (including phenoxy) is 2. The molecule has 2 aromatic carbocycles. The van der Waals surface area contributed by atoms with Gasteiger partial charge in [0.25, 0.3) is 5.91 Å². The Bertz CT molecular complexity index is 1170. The van der Waals surface area contributed by atoms with Gasteiger partial charge in [-0.15, -0.1) is 11.3 Å². The van der Waals surface area contributed by atoms with Crippen LogP contribution in [-0.2, 0) is 4.79 Å². The first kappa shape index (κ1) is 21.8. The molecule has 3 aromatic rings. The van der Waals surface area contributed by atoms with Crippen LogP contribution in [0.15, 0.2) is 59.5 Å². The predicted molar refractivity (Wildman–Crippen MR) is 120 cm³/mol. The second-order valence-corrected chi connectivity index (χ2v) is 7.62. The molecule has 156 valence electrons. The molecule has 0 aliphatic rings. The SMILES string of the molecule is COc1cc(/C=C(\C#N)C(=O)Nc2c(C)cccc2C)ccc1OC(=O)c1cccs1. The number of aryl methyl sites for hydroxylation is 2. The van der Waals surface area contributed by atoms with Gasteiger partial charge in [-0.2, -0.15) is 5.26 Å². The maximum absolute atomic E-state index is 12.6. The summed E-state index contributed by atoms with van der Waals surface area (Å²) >= 11 is 1.28. The quantitative estimate of drug-likeness (QED) is 0.252. The van der Waals surface area contributed by atoms with E-state index < -0.39 is 11.9 Å². The van der Waals surface area contributed by atoms with Crippen molar-refractivity contribution < 1.29 is 19.1 Å². The monoisotopic (exact) mass is 432 g/mol. The number of carbonyl (C=O) groups excluding carboxylic acids is 2. The maximum Gasteiger partial charge on any atom is 0.353 e. The summed E-state index contributed by atoms with van der Waals surface area (Å²) in [5, 5.41) is 14.1. The van der Waals surface area contributed by atoms with Crippen LogP contribution in [0.2, 0.25) is 0 Å². The number of hydrogen-bond acceptors (Lipinski definition) is 6. The molecule has 1 heterocycles. The van der Waals surface area contributed by atoms with Crippen molar-refractivity contribution in [3.05, 3.63) is 81.1 Å². The molecule has 3 rings (SSSR count). The van der Waals surface area contributed by atoms with Gasteiger partial charge in [-0.05, 0) is 60.2 Å². The molecule has 0 spiro atoms. The third-order valence-corrected chi connectivity index (χ3v) is 5.36. The Morgan fingerprint density at radius 2 is 1.81 bits per heavy atom. The highest BCUT2D eigenvalue weighted by Crippen LogP contribution is 2.30. The number of thiophene rings is 1. The molecule has 6 nitrogen and oxygen atoms in total. The molecule has 1 aromatic heterocycles. The van der Waals surface area contributed by atoms with Crippen molar-refractivity contribution in [2.75, 3.05) is 12.4 Å². The summed E-state index contributed by atoms with van der Waals surface area (Å²) < 4.78 is 10.7. The summed E-state index contributed by atoms with van der Waals surface area (Å²) in [6, 6.07) is 15.9. The highest BCUT2D eigenvalue weighted by Gasteiger charge is 2.15. The number of para-hydroxylation sites is 1. The lowest BCUT2D eigenvalue weighted by atomic mass is 10.1. The number of nitrogens with zero attached hydrogens (tertiary/aromatic N) is 1. The summed E-state index contributed by atoms with van der Waals surface area (Å²) in [4.78, 5) is 25.3. The fraction of sp³-hybridized carbons (Fsp3) is 0.125. The van der Waals surface area contributed by atoms with E-state index in [9.17, 15) is 14.9 Å². The van der Waals surface area contributed by atoms with E-state index in [2.05, 4.69) is 5.32 Å². The number of benzene rings is 2. The van der Waals surface area contributed by atoms with Gasteiger partial charge in [-0.25, -0.2) is 4.79 Å². The molecule has 0 aliphatic heterocycles. The molecule has 0 atom stereocenters. The second-order valence-electron chi connectivity index (χ2n) is 6.67. The van der Waals surface area contributed by atoms with Crippen molar-refractivity contribution in [3.8, 4) is 17.6 Å². The Balaban J connectivity index is 1.83. The summed E-state index contributed by atoms with van der Waals surface area (Å²) in [5.74, 6) is -0.433. The van der Waals surface area contributed by atoms with Crippen molar-refractivity contribution in [1.29, 1.82) is 5.26 Å². The van der Waals surface area contributed by atoms with Crippen molar-refractivity contribution in [2.45, 2.75) is 13.8 Å². The lowest BCUT2D eigenvalue weighted by Crippen LogP contribution is -2.15. The predicted octanol–water partition coefficient (Wildman–Crippen LogP) is 5.14. The maximum atomic E-state index is 12.6. The number of carbonyl (C=O) groups is 2. The average molecular weight is 433 g/mol. The minimum atomic E-state index is -0.507. The van der Waals surface area contributed by atoms with Gasteiger partial charge >= 0.3 is 5.97 Å². The number of esters is 1. The smallest absolute Gasteiger partial charge is 0.353 e. The van der Waals surface area contributed by atoms with Gasteiger partial charge in [0.05, 0.1) is 7.11 Å². The van der Waals surface area contributed by atoms with E-state index in [0.29, 0.717) is 21.9 Å². The van der Waals surface area contributed by atoms with Gasteiger partial charge in [0.1, 0.15) is 16.5 Å². The largest absolute Gasteiger partial charge is 0.493 e. The third kappa shape index (κ3) is 5.18. The molecule has 0 saturated heterocycles. The van der Waals surface area contributed by atoms with Crippen LogP contribution in [0.3, 0.4) is 0 Å². The lowest BCUT2D eigenvalue weighted by Gasteiger charge is -2.11. The molecule has 31 heavy (non-hydrogen) atoms. The second kappa shape index (κ2) is 9.74. The number of rotatable bonds is 6. The van der Waals surface area contributed by atoms with Crippen molar-refractivity contribution in [2.24, 2.45) is 0 Å². The van der Waals surface area contributed by atoms with Crippen molar-refractivity contribution >= 4 is 35.0 Å². The Morgan fingerprint density at radius 3 is 2.42 bits per heavy atom. The summed E-state index contributed by atoms with van der Waals surface area (Å²) in [6.07, 6.45) is 1.45. The van der Waals surface area contributed by atoms with Crippen molar-refractivity contribution in [3.63, 3.8) is 0 Å². The molecule has 7 heteroatoms. The van der Waals surface area contributed by atoms with E-state index in [1.807, 2.05) is 38.1 Å². The zero-order chi connectivity index (χ0) is 22.4. The highest BCUT2D eigenvalue weighted by atomic mass is 32.1. The Hall–Kier alpha value is -3.89. The van der Waals surface area contributed by atoms with Crippen LogP contribution in [0.1, 0.15) is 26.4 Å². The van der Waals surface area contributed by atoms with Gasteiger partial charge in [-0.1, -0.05) is 30.3 Å². The van der Waals surface area contributed by atoms with Crippen LogP contribution in [0, 0.1) is 25.2 Å². The van der Waals surface area contributed by atoms with Crippen LogP contribution >= 0.6 is 11.3 Å². The molecule has 1 amide bonds. The molecule has 0 unspecified atom stereocenters. The van der Waals surface area contributed by atoms with Gasteiger partial charge in [0.2, 0.25) is 0 Å². The van der Waals surface area contributed by atoms with E-state index in [1.165, 1.54) is 24.5 Å². The van der Waals surface area contributed by atoms with Gasteiger partial charge in [0, 0.05) is 5.69 Å². The summed E-state index contributed by atoms with van der Waals surface area (Å²) in [5.41, 5.74) is 2.99. The zero-order valence-electron chi connectivity index (χ0n) is 17.3. The fourth-order valence-electron chi connectivity index (χ4n) is 2.91. The van der Waals surface area contributed by atoms with Gasteiger partial charge < -0.3 is 14.8 Å². The number of nitrogens with one attached hydrogen (secondary N) is 1. The zero-order valence-corrected chi connectivity index (χ0v) is 18.1. The first-order valence-corrected chi connectivity index (χ1v) is 10.2. The summed E-state index contributed by atoms with van der Waals surface area (Å²) in [6.45, 7) is 3.78. The molecule has 0 fully saturated rings. The van der Waals surface area contributed by atoms with E-state index in [-0.39, 0.29) is 11.3 Å². The lowest BCUT2D eigenvalue weighted by molar-refractivity contribution is -0.112. The third-order valence-electron chi connectivity index (χ3n) is 4.51. The number of nitriles is 1. The van der Waals surface area contributed by atoms with Gasteiger partial charge in [0.15, 0.2) is 11.5 Å². The number of hydrogen-bond donors (Lipinski definition) is 1. The minimum Gasteiger partial charge on any atom is -0.493 e. The Morgan fingerprint density at radius 1 is 1.06 bits per heavy atom. The fourth-order valence-corrected chi connectivity index (χ4v) is 3.51. The average Bonchev–Trinajstić information content (AvgIpc) is 3.30. The molecule has 0 bridgehead atoms. The molecule has 0 aliphatic carbocycles. The van der Waals surface area contributed by atoms with Gasteiger partial charge in [-0.3, -0.25) is 4.79 Å². The van der Waals surface area contributed by atoms with Crippen LogP contribution in [0.5, 0.6) is 11.5 Å². The van der Waals surface area contributed by atoms with Crippen LogP contribution in [0.4, 0.5) is 5.69 Å². The van der Waals surface area contributed by atoms with E-state index in [4.69, 9.17) is 9.47 Å². The van der Waals surface area contributed by atoms with E-state index in [0.717, 1.165) is 11.1 Å².